The van der Waals surface area contributed by atoms with E-state index in [1.54, 1.807) is 43.3 Å². The third kappa shape index (κ3) is 24.7. The Kier molecular flexibility index (Phi) is 31.1. The average Bonchev–Trinajstić information content (AvgIpc) is 1.08. The molecule has 498 valence electrons. The third-order valence-electron chi connectivity index (χ3n) is 14.5. The van der Waals surface area contributed by atoms with Crippen molar-refractivity contribution in [3.05, 3.63) is 117 Å². The number of hydrogen-bond acceptors (Lipinski definition) is 17. The van der Waals surface area contributed by atoms with Gasteiger partial charge in [0.2, 0.25) is 5.91 Å². The van der Waals surface area contributed by atoms with E-state index in [9.17, 15) is 43.2 Å². The lowest BCUT2D eigenvalue weighted by molar-refractivity contribution is -0.126. The minimum absolute atomic E-state index is 0.0115. The van der Waals surface area contributed by atoms with Crippen LogP contribution in [0.2, 0.25) is 0 Å². The maximum absolute atomic E-state index is 14.5. The molecule has 19 N–H and O–H groups in total. The number of guanidine groups is 3. The topological polar surface area (TPSA) is 470 Å². The largest absolute Gasteiger partial charge is 0.496 e. The summed E-state index contributed by atoms with van der Waals surface area (Å²) in [4.78, 5) is 136. The SMILES string of the molecule is COc1ccc(CC(=O)[C@@H](CCCN=C(N)N)NC(=O)c2cc(CC(=O)[C@@H](CCCN=C(N)N)NC(=O)c3cc(CC(=O)[C@@H](CCCN=C(N)N)NC(=O)c4cc(CC(=O)[C@@H](C)NC(C)=O)ccc4OC)ccc3OC)ccc2OC)cc1C(=O)NCCCCCN. The molecule has 0 aliphatic carbocycles. The van der Waals surface area contributed by atoms with E-state index in [2.05, 4.69) is 41.6 Å². The number of amides is 5. The van der Waals surface area contributed by atoms with Crippen molar-refractivity contribution in [3.63, 3.8) is 0 Å². The fourth-order valence-corrected chi connectivity index (χ4v) is 9.79. The van der Waals surface area contributed by atoms with Gasteiger partial charge in [-0.2, -0.15) is 0 Å². The number of aliphatic imine (C=N–C) groups is 3. The number of carbonyl (C=O) groups excluding carboxylic acids is 9. The third-order valence-corrected chi connectivity index (χ3v) is 14.5. The van der Waals surface area contributed by atoms with E-state index in [-0.39, 0.29) is 159 Å². The van der Waals surface area contributed by atoms with Crippen LogP contribution in [0.1, 0.15) is 135 Å². The Morgan fingerprint density at radius 2 is 0.717 bits per heavy atom. The van der Waals surface area contributed by atoms with Gasteiger partial charge in [0.25, 0.3) is 23.6 Å². The summed E-state index contributed by atoms with van der Waals surface area (Å²) < 4.78 is 22.1. The molecule has 4 rings (SSSR count). The first kappa shape index (κ1) is 74.3. The number of unbranched alkanes of at least 4 members (excludes halogenated alkanes) is 2. The first-order valence-electron chi connectivity index (χ1n) is 30.0. The molecule has 5 amide bonds. The van der Waals surface area contributed by atoms with Gasteiger partial charge in [0.15, 0.2) is 41.0 Å². The van der Waals surface area contributed by atoms with Crippen LogP contribution in [0.3, 0.4) is 0 Å². The number of ether oxygens (including phenoxy) is 4. The van der Waals surface area contributed by atoms with Gasteiger partial charge in [-0.15, -0.1) is 0 Å². The van der Waals surface area contributed by atoms with Crippen molar-refractivity contribution in [2.45, 2.75) is 121 Å². The van der Waals surface area contributed by atoms with Gasteiger partial charge in [-0.05, 0) is 136 Å². The van der Waals surface area contributed by atoms with Crippen molar-refractivity contribution < 1.29 is 62.1 Å². The molecule has 0 aromatic heterocycles. The molecule has 0 saturated carbocycles. The van der Waals surface area contributed by atoms with E-state index in [0.717, 1.165) is 19.3 Å². The normalized spacial score (nSPS) is 12.0. The van der Waals surface area contributed by atoms with Crippen molar-refractivity contribution >= 4 is 70.5 Å². The van der Waals surface area contributed by atoms with Gasteiger partial charge in [-0.1, -0.05) is 30.7 Å². The summed E-state index contributed by atoms with van der Waals surface area (Å²) in [5, 5.41) is 13.9. The molecular weight excluding hydrogens is 1190 g/mol. The van der Waals surface area contributed by atoms with Crippen LogP contribution in [-0.4, -0.2) is 156 Å². The Morgan fingerprint density at radius 3 is 1.00 bits per heavy atom. The van der Waals surface area contributed by atoms with E-state index in [1.165, 1.54) is 71.8 Å². The molecule has 4 atom stereocenters. The standard InChI is InChI=1S/C64H89N15O13/c1-37(76-38(2)80)50(81)33-39-16-21-55(90-4)44(30-39)59(86)77-48(14-11-27-74-63(68)69)52(83)35-41-18-23-57(92-6)46(32-41)61(88)79-49(15-12-28-75-64(70)71)53(84)36-42-19-22-56(91-5)45(31-42)60(87)78-47(13-10-26-73-62(66)67)51(82)34-40-17-20-54(89-3)43(29-40)58(85)72-25-9-7-8-24-65/h16-23,29-32,37,47-49H,7-15,24-28,33-36,65H2,1-6H3,(H,72,85)(H,76,80)(H,77,86)(H,78,87)(H,79,88)(H4,66,67,73)(H4,68,69,74)(H4,70,71,75)/t37-,47-,48-,49-/m1/s1. The molecule has 0 aliphatic heterocycles. The van der Waals surface area contributed by atoms with E-state index in [1.807, 2.05) is 0 Å². The zero-order valence-corrected chi connectivity index (χ0v) is 53.2. The Hall–Kier alpha value is -10.1. The zero-order chi connectivity index (χ0) is 67.9. The fourth-order valence-electron chi connectivity index (χ4n) is 9.79. The van der Waals surface area contributed by atoms with Gasteiger partial charge >= 0.3 is 0 Å². The van der Waals surface area contributed by atoms with Crippen molar-refractivity contribution in [3.8, 4) is 23.0 Å². The average molecular weight is 1280 g/mol. The highest BCUT2D eigenvalue weighted by atomic mass is 16.5. The Bertz CT molecular complexity index is 3320. The second kappa shape index (κ2) is 38.4. The van der Waals surface area contributed by atoms with Gasteiger partial charge in [0, 0.05) is 58.8 Å². The highest BCUT2D eigenvalue weighted by Crippen LogP contribution is 2.27. The Labute approximate surface area is 535 Å². The van der Waals surface area contributed by atoms with Crippen LogP contribution < -0.4 is 85.7 Å². The molecule has 92 heavy (non-hydrogen) atoms. The van der Waals surface area contributed by atoms with Crippen LogP contribution in [0.5, 0.6) is 23.0 Å². The summed E-state index contributed by atoms with van der Waals surface area (Å²) >= 11 is 0. The van der Waals surface area contributed by atoms with E-state index in [4.69, 9.17) is 59.1 Å². The maximum Gasteiger partial charge on any atom is 0.255 e. The lowest BCUT2D eigenvalue weighted by Gasteiger charge is -2.21. The predicted molar refractivity (Wildman–Crippen MR) is 349 cm³/mol. The summed E-state index contributed by atoms with van der Waals surface area (Å²) in [6.45, 7) is 4.19. The van der Waals surface area contributed by atoms with E-state index < -0.39 is 59.2 Å². The number of nitrogens with one attached hydrogen (secondary N) is 5. The summed E-state index contributed by atoms with van der Waals surface area (Å²) in [5.74, 6) is -4.37. The number of methoxy groups -OCH3 is 4. The number of hydrogen-bond donors (Lipinski definition) is 12. The lowest BCUT2D eigenvalue weighted by atomic mass is 9.96. The van der Waals surface area contributed by atoms with Gasteiger partial charge in [0.05, 0.1) is 74.9 Å². The number of carbonyl (C=O) groups is 9. The zero-order valence-electron chi connectivity index (χ0n) is 53.2. The Morgan fingerprint density at radius 1 is 0.413 bits per heavy atom. The number of nitrogens with zero attached hydrogens (tertiary/aromatic N) is 3. The van der Waals surface area contributed by atoms with Crippen LogP contribution >= 0.6 is 0 Å². The number of nitrogens with two attached hydrogens (primary N) is 7. The summed E-state index contributed by atoms with van der Waals surface area (Å²) in [5.41, 5.74) is 40.9. The molecule has 0 bridgehead atoms. The molecule has 0 spiro atoms. The summed E-state index contributed by atoms with van der Waals surface area (Å²) in [6.07, 6.45) is 2.51. The second-order valence-corrected chi connectivity index (χ2v) is 21.7. The van der Waals surface area contributed by atoms with Crippen molar-refractivity contribution in [1.82, 2.24) is 26.6 Å². The molecule has 0 heterocycles. The minimum atomic E-state index is -1.18. The predicted octanol–water partition coefficient (Wildman–Crippen LogP) is 1.11. The first-order valence-corrected chi connectivity index (χ1v) is 30.0. The van der Waals surface area contributed by atoms with Crippen molar-refractivity contribution in [1.29, 1.82) is 0 Å². The Balaban J connectivity index is 1.61. The van der Waals surface area contributed by atoms with Crippen LogP contribution in [-0.2, 0) is 49.7 Å². The maximum atomic E-state index is 14.5. The molecular formula is C64H89N15O13. The smallest absolute Gasteiger partial charge is 0.255 e. The minimum Gasteiger partial charge on any atom is -0.496 e. The van der Waals surface area contributed by atoms with Gasteiger partial charge < -0.3 is 85.7 Å². The molecule has 28 nitrogen and oxygen atoms in total. The van der Waals surface area contributed by atoms with Crippen LogP contribution in [0.4, 0.5) is 0 Å². The van der Waals surface area contributed by atoms with Crippen LogP contribution in [0, 0.1) is 0 Å². The van der Waals surface area contributed by atoms with E-state index in [0.29, 0.717) is 41.1 Å². The van der Waals surface area contributed by atoms with Crippen molar-refractivity contribution in [2.24, 2.45) is 55.1 Å². The number of ketones is 4. The van der Waals surface area contributed by atoms with Gasteiger partial charge in [-0.3, -0.25) is 58.1 Å². The highest BCUT2D eigenvalue weighted by molar-refractivity contribution is 6.04. The molecule has 0 fully saturated rings. The highest BCUT2D eigenvalue weighted by Gasteiger charge is 2.29. The lowest BCUT2D eigenvalue weighted by Crippen LogP contribution is -2.42. The second-order valence-electron chi connectivity index (χ2n) is 21.7. The fraction of sp³-hybridized carbons (Fsp3) is 0.438. The number of Topliss-reactive ketones (excluding diaryl/α,β-unsaturated/α-hetero) is 4. The molecule has 0 radical (unpaired) electrons. The molecule has 0 aliphatic rings. The van der Waals surface area contributed by atoms with Crippen molar-refractivity contribution in [2.75, 3.05) is 61.2 Å². The molecule has 0 saturated heterocycles. The van der Waals surface area contributed by atoms with E-state index >= 15 is 0 Å². The molecule has 0 unspecified atom stereocenters. The van der Waals surface area contributed by atoms with Crippen LogP contribution in [0.15, 0.2) is 87.8 Å². The number of benzene rings is 4. The summed E-state index contributed by atoms with van der Waals surface area (Å²) in [6, 6.07) is 14.2. The first-order chi connectivity index (χ1) is 43.9. The van der Waals surface area contributed by atoms with Gasteiger partial charge in [-0.25, -0.2) is 0 Å². The monoisotopic (exact) mass is 1280 g/mol. The van der Waals surface area contributed by atoms with Crippen LogP contribution in [0.25, 0.3) is 0 Å². The molecule has 4 aromatic rings. The quantitative estimate of drug-likeness (QED) is 0.0168. The summed E-state index contributed by atoms with van der Waals surface area (Å²) in [7, 11) is 5.49. The molecule has 28 heteroatoms. The number of rotatable bonds is 41. The van der Waals surface area contributed by atoms with Gasteiger partial charge in [0.1, 0.15) is 23.0 Å². The molecule has 4 aromatic carbocycles.